The van der Waals surface area contributed by atoms with Crippen LogP contribution < -0.4 is 5.32 Å². The number of nitrogens with zero attached hydrogens (tertiary/aromatic N) is 1. The fourth-order valence-electron chi connectivity index (χ4n) is 1.85. The summed E-state index contributed by atoms with van der Waals surface area (Å²) >= 11 is 6.01. The summed E-state index contributed by atoms with van der Waals surface area (Å²) in [6.45, 7) is 3.66. The Hall–Kier alpha value is -1.22. The van der Waals surface area contributed by atoms with Crippen molar-refractivity contribution in [1.29, 1.82) is 0 Å². The van der Waals surface area contributed by atoms with Crippen LogP contribution in [0.4, 0.5) is 10.5 Å². The molecule has 1 heterocycles. The van der Waals surface area contributed by atoms with Crippen LogP contribution in [0.1, 0.15) is 18.4 Å². The van der Waals surface area contributed by atoms with E-state index in [0.717, 1.165) is 31.5 Å². The predicted molar refractivity (Wildman–Crippen MR) is 66.0 cm³/mol. The fraction of sp³-hybridized carbons (Fsp3) is 0.417. The number of rotatable bonds is 1. The largest absolute Gasteiger partial charge is 0.325 e. The standard InChI is InChI=1S/C12H15ClN2O/c1-9-4-5-10(13)11(8-9)14-12(16)15-6-2-3-7-15/h4-5,8H,2-3,6-7H2,1H3,(H,14,16). The molecule has 16 heavy (non-hydrogen) atoms. The Morgan fingerprint density at radius 2 is 2.06 bits per heavy atom. The van der Waals surface area contributed by atoms with Gasteiger partial charge in [0.15, 0.2) is 0 Å². The molecule has 0 radical (unpaired) electrons. The first kappa shape index (κ1) is 11.3. The van der Waals surface area contributed by atoms with E-state index in [2.05, 4.69) is 5.32 Å². The first-order valence-electron chi connectivity index (χ1n) is 5.49. The summed E-state index contributed by atoms with van der Waals surface area (Å²) in [5.74, 6) is 0. The van der Waals surface area contributed by atoms with Gasteiger partial charge in [-0.2, -0.15) is 0 Å². The Kier molecular flexibility index (Phi) is 3.34. The van der Waals surface area contributed by atoms with Gasteiger partial charge in [-0.25, -0.2) is 4.79 Å². The van der Waals surface area contributed by atoms with Crippen molar-refractivity contribution in [2.75, 3.05) is 18.4 Å². The second-order valence-electron chi connectivity index (χ2n) is 4.11. The first-order valence-corrected chi connectivity index (χ1v) is 5.87. The quantitative estimate of drug-likeness (QED) is 0.800. The maximum absolute atomic E-state index is 11.8. The number of hydrogen-bond acceptors (Lipinski definition) is 1. The van der Waals surface area contributed by atoms with Crippen LogP contribution >= 0.6 is 11.6 Å². The van der Waals surface area contributed by atoms with Crippen LogP contribution in [-0.4, -0.2) is 24.0 Å². The molecular weight excluding hydrogens is 224 g/mol. The Bertz CT molecular complexity index is 400. The molecule has 3 nitrogen and oxygen atoms in total. The van der Waals surface area contributed by atoms with E-state index in [0.29, 0.717) is 10.7 Å². The highest BCUT2D eigenvalue weighted by Crippen LogP contribution is 2.23. The summed E-state index contributed by atoms with van der Waals surface area (Å²) in [4.78, 5) is 13.7. The zero-order valence-corrected chi connectivity index (χ0v) is 10.0. The number of carbonyl (C=O) groups is 1. The molecule has 1 aromatic carbocycles. The number of urea groups is 1. The molecule has 0 spiro atoms. The summed E-state index contributed by atoms with van der Waals surface area (Å²) in [7, 11) is 0. The lowest BCUT2D eigenvalue weighted by atomic mass is 10.2. The third-order valence-electron chi connectivity index (χ3n) is 2.76. The summed E-state index contributed by atoms with van der Waals surface area (Å²) in [6, 6.07) is 5.56. The zero-order chi connectivity index (χ0) is 11.5. The monoisotopic (exact) mass is 238 g/mol. The summed E-state index contributed by atoms with van der Waals surface area (Å²) in [5.41, 5.74) is 1.78. The minimum Gasteiger partial charge on any atom is -0.325 e. The van der Waals surface area contributed by atoms with Crippen LogP contribution in [0.25, 0.3) is 0 Å². The van der Waals surface area contributed by atoms with Crippen molar-refractivity contribution in [2.24, 2.45) is 0 Å². The molecule has 0 aliphatic carbocycles. The molecule has 0 unspecified atom stereocenters. The fourth-order valence-corrected chi connectivity index (χ4v) is 2.01. The molecule has 86 valence electrons. The van der Waals surface area contributed by atoms with Crippen LogP contribution in [-0.2, 0) is 0 Å². The van der Waals surface area contributed by atoms with E-state index >= 15 is 0 Å². The molecule has 1 fully saturated rings. The number of amides is 2. The molecular formula is C12H15ClN2O. The van der Waals surface area contributed by atoms with E-state index in [4.69, 9.17) is 11.6 Å². The minimum atomic E-state index is -0.0509. The van der Waals surface area contributed by atoms with Crippen molar-refractivity contribution in [3.8, 4) is 0 Å². The Morgan fingerprint density at radius 3 is 2.75 bits per heavy atom. The molecule has 1 aliphatic heterocycles. The summed E-state index contributed by atoms with van der Waals surface area (Å²) in [6.07, 6.45) is 2.18. The highest BCUT2D eigenvalue weighted by Gasteiger charge is 2.18. The Labute approximate surface area is 100 Å². The smallest absolute Gasteiger partial charge is 0.321 e. The first-order chi connectivity index (χ1) is 7.66. The van der Waals surface area contributed by atoms with Gasteiger partial charge in [-0.05, 0) is 37.5 Å². The highest BCUT2D eigenvalue weighted by molar-refractivity contribution is 6.33. The average Bonchev–Trinajstić information content (AvgIpc) is 2.76. The van der Waals surface area contributed by atoms with Crippen LogP contribution in [0.3, 0.4) is 0 Å². The van der Waals surface area contributed by atoms with Gasteiger partial charge in [0.05, 0.1) is 10.7 Å². The van der Waals surface area contributed by atoms with Gasteiger partial charge in [0, 0.05) is 13.1 Å². The van der Waals surface area contributed by atoms with Crippen molar-refractivity contribution in [3.63, 3.8) is 0 Å². The molecule has 1 N–H and O–H groups in total. The Balaban J connectivity index is 2.07. The van der Waals surface area contributed by atoms with E-state index in [9.17, 15) is 4.79 Å². The zero-order valence-electron chi connectivity index (χ0n) is 9.29. The normalized spacial score (nSPS) is 15.2. The molecule has 4 heteroatoms. The molecule has 2 amide bonds. The third kappa shape index (κ3) is 2.47. The summed E-state index contributed by atoms with van der Waals surface area (Å²) < 4.78 is 0. The average molecular weight is 239 g/mol. The number of carbonyl (C=O) groups excluding carboxylic acids is 1. The van der Waals surface area contributed by atoms with Gasteiger partial charge in [0.1, 0.15) is 0 Å². The van der Waals surface area contributed by atoms with Crippen molar-refractivity contribution in [2.45, 2.75) is 19.8 Å². The van der Waals surface area contributed by atoms with Crippen LogP contribution in [0.2, 0.25) is 5.02 Å². The number of likely N-dealkylation sites (tertiary alicyclic amines) is 1. The van der Waals surface area contributed by atoms with Crippen LogP contribution in [0.5, 0.6) is 0 Å². The van der Waals surface area contributed by atoms with Crippen molar-refractivity contribution in [3.05, 3.63) is 28.8 Å². The van der Waals surface area contributed by atoms with E-state index in [1.165, 1.54) is 0 Å². The number of halogens is 1. The molecule has 0 bridgehead atoms. The van der Waals surface area contributed by atoms with Gasteiger partial charge in [0.2, 0.25) is 0 Å². The Morgan fingerprint density at radius 1 is 1.38 bits per heavy atom. The molecule has 0 atom stereocenters. The SMILES string of the molecule is Cc1ccc(Cl)c(NC(=O)N2CCCC2)c1. The van der Waals surface area contributed by atoms with E-state index in [1.54, 1.807) is 6.07 Å². The molecule has 2 rings (SSSR count). The molecule has 0 aromatic heterocycles. The molecule has 1 saturated heterocycles. The third-order valence-corrected chi connectivity index (χ3v) is 3.09. The van der Waals surface area contributed by atoms with Gasteiger partial charge in [-0.15, -0.1) is 0 Å². The number of nitrogens with one attached hydrogen (secondary N) is 1. The maximum Gasteiger partial charge on any atom is 0.321 e. The van der Waals surface area contributed by atoms with Gasteiger partial charge < -0.3 is 10.2 Å². The minimum absolute atomic E-state index is 0.0509. The van der Waals surface area contributed by atoms with E-state index in [-0.39, 0.29) is 6.03 Å². The second-order valence-corrected chi connectivity index (χ2v) is 4.51. The highest BCUT2D eigenvalue weighted by atomic mass is 35.5. The van der Waals surface area contributed by atoms with Crippen LogP contribution in [0.15, 0.2) is 18.2 Å². The van der Waals surface area contributed by atoms with Crippen molar-refractivity contribution < 1.29 is 4.79 Å². The van der Waals surface area contributed by atoms with Gasteiger partial charge in [0.25, 0.3) is 0 Å². The molecule has 1 aliphatic rings. The maximum atomic E-state index is 11.8. The molecule has 0 saturated carbocycles. The van der Waals surface area contributed by atoms with Gasteiger partial charge in [-0.1, -0.05) is 17.7 Å². The van der Waals surface area contributed by atoms with E-state index < -0.39 is 0 Å². The van der Waals surface area contributed by atoms with E-state index in [1.807, 2.05) is 24.0 Å². The predicted octanol–water partition coefficient (Wildman–Crippen LogP) is 3.28. The molecule has 1 aromatic rings. The number of aryl methyl sites for hydroxylation is 1. The van der Waals surface area contributed by atoms with Crippen LogP contribution in [0, 0.1) is 6.92 Å². The van der Waals surface area contributed by atoms with Crippen molar-refractivity contribution in [1.82, 2.24) is 4.90 Å². The van der Waals surface area contributed by atoms with Crippen molar-refractivity contribution >= 4 is 23.3 Å². The second kappa shape index (κ2) is 4.74. The number of anilines is 1. The lowest BCUT2D eigenvalue weighted by Crippen LogP contribution is -2.32. The van der Waals surface area contributed by atoms with Gasteiger partial charge in [-0.3, -0.25) is 0 Å². The topological polar surface area (TPSA) is 32.3 Å². The number of hydrogen-bond donors (Lipinski definition) is 1. The lowest BCUT2D eigenvalue weighted by Gasteiger charge is -2.17. The number of benzene rings is 1. The summed E-state index contributed by atoms with van der Waals surface area (Å²) in [5, 5.41) is 3.43. The van der Waals surface area contributed by atoms with Gasteiger partial charge >= 0.3 is 6.03 Å². The lowest BCUT2D eigenvalue weighted by molar-refractivity contribution is 0.222.